The highest BCUT2D eigenvalue weighted by Gasteiger charge is 2.46. The van der Waals surface area contributed by atoms with Gasteiger partial charge in [0, 0.05) is 18.6 Å². The highest BCUT2D eigenvalue weighted by molar-refractivity contribution is 4.99. The van der Waals surface area contributed by atoms with Crippen LogP contribution < -0.4 is 5.32 Å². The van der Waals surface area contributed by atoms with Crippen LogP contribution in [-0.4, -0.2) is 37.1 Å². The Labute approximate surface area is 88.1 Å². The molecule has 1 saturated carbocycles. The summed E-state index contributed by atoms with van der Waals surface area (Å²) in [4.78, 5) is 2.69. The van der Waals surface area contributed by atoms with Crippen molar-refractivity contribution in [2.24, 2.45) is 5.41 Å². The first kappa shape index (κ1) is 10.4. The summed E-state index contributed by atoms with van der Waals surface area (Å²) < 4.78 is 0. The summed E-state index contributed by atoms with van der Waals surface area (Å²) >= 11 is 0. The van der Waals surface area contributed by atoms with Crippen LogP contribution in [0.1, 0.15) is 39.5 Å². The van der Waals surface area contributed by atoms with Crippen molar-refractivity contribution in [3.8, 4) is 0 Å². The van der Waals surface area contributed by atoms with Crippen molar-refractivity contribution in [2.75, 3.05) is 20.1 Å². The molecule has 2 fully saturated rings. The number of nitrogens with one attached hydrogen (secondary N) is 1. The molecule has 1 aliphatic heterocycles. The molecule has 0 amide bonds. The topological polar surface area (TPSA) is 15.3 Å². The van der Waals surface area contributed by atoms with Gasteiger partial charge in [0.05, 0.1) is 0 Å². The van der Waals surface area contributed by atoms with Gasteiger partial charge in [-0.05, 0) is 58.5 Å². The molecule has 1 saturated heterocycles. The van der Waals surface area contributed by atoms with E-state index in [0.717, 1.165) is 5.41 Å². The zero-order valence-corrected chi connectivity index (χ0v) is 9.84. The lowest BCUT2D eigenvalue weighted by Crippen LogP contribution is -2.50. The Morgan fingerprint density at radius 1 is 1.21 bits per heavy atom. The second kappa shape index (κ2) is 3.82. The maximum atomic E-state index is 3.37. The van der Waals surface area contributed by atoms with Gasteiger partial charge in [-0.3, -0.25) is 4.90 Å². The molecule has 1 N–H and O–H groups in total. The van der Waals surface area contributed by atoms with Crippen LogP contribution >= 0.6 is 0 Å². The Bertz CT molecular complexity index is 198. The second-order valence-corrected chi connectivity index (χ2v) is 5.39. The van der Waals surface area contributed by atoms with Crippen LogP contribution in [0.4, 0.5) is 0 Å². The SMILES string of the molecule is CNC(C)C(C)N1CCCC2(CC2)C1. The van der Waals surface area contributed by atoms with Crippen LogP contribution in [0.2, 0.25) is 0 Å². The Hall–Kier alpha value is -0.0800. The number of rotatable bonds is 3. The molecule has 1 aliphatic carbocycles. The molecule has 14 heavy (non-hydrogen) atoms. The van der Waals surface area contributed by atoms with Crippen LogP contribution in [0.25, 0.3) is 0 Å². The molecular formula is C12H24N2. The Morgan fingerprint density at radius 2 is 1.93 bits per heavy atom. The van der Waals surface area contributed by atoms with E-state index in [4.69, 9.17) is 0 Å². The Balaban J connectivity index is 1.90. The third kappa shape index (κ3) is 1.96. The average molecular weight is 196 g/mol. The van der Waals surface area contributed by atoms with Gasteiger partial charge in [-0.1, -0.05) is 0 Å². The lowest BCUT2D eigenvalue weighted by Gasteiger charge is -2.39. The zero-order valence-electron chi connectivity index (χ0n) is 9.84. The highest BCUT2D eigenvalue weighted by Crippen LogP contribution is 2.52. The van der Waals surface area contributed by atoms with Gasteiger partial charge < -0.3 is 5.32 Å². The molecule has 0 bridgehead atoms. The van der Waals surface area contributed by atoms with Gasteiger partial charge in [0.25, 0.3) is 0 Å². The molecule has 82 valence electrons. The smallest absolute Gasteiger partial charge is 0.0218 e. The Morgan fingerprint density at radius 3 is 2.50 bits per heavy atom. The predicted octanol–water partition coefficient (Wildman–Crippen LogP) is 1.86. The summed E-state index contributed by atoms with van der Waals surface area (Å²) in [5, 5.41) is 3.37. The fraction of sp³-hybridized carbons (Fsp3) is 1.00. The standard InChI is InChI=1S/C12H24N2/c1-10(13-3)11(2)14-8-4-5-12(9-14)6-7-12/h10-11,13H,4-9H2,1-3H3. The van der Waals surface area contributed by atoms with Crippen LogP contribution in [0.5, 0.6) is 0 Å². The number of nitrogens with zero attached hydrogens (tertiary/aromatic N) is 1. The highest BCUT2D eigenvalue weighted by atomic mass is 15.2. The van der Waals surface area contributed by atoms with Gasteiger partial charge in [-0.15, -0.1) is 0 Å². The molecule has 2 heteroatoms. The summed E-state index contributed by atoms with van der Waals surface area (Å²) in [5.41, 5.74) is 0.764. The van der Waals surface area contributed by atoms with Crippen molar-refractivity contribution in [3.63, 3.8) is 0 Å². The first-order valence-corrected chi connectivity index (χ1v) is 6.08. The van der Waals surface area contributed by atoms with E-state index in [2.05, 4.69) is 31.1 Å². The van der Waals surface area contributed by atoms with Crippen LogP contribution in [0, 0.1) is 5.41 Å². The maximum absolute atomic E-state index is 3.37. The van der Waals surface area contributed by atoms with E-state index in [1.165, 1.54) is 38.8 Å². The van der Waals surface area contributed by atoms with Crippen molar-refractivity contribution in [3.05, 3.63) is 0 Å². The van der Waals surface area contributed by atoms with E-state index in [-0.39, 0.29) is 0 Å². The molecule has 2 rings (SSSR count). The van der Waals surface area contributed by atoms with Gasteiger partial charge >= 0.3 is 0 Å². The van der Waals surface area contributed by atoms with Crippen molar-refractivity contribution in [1.82, 2.24) is 10.2 Å². The quantitative estimate of drug-likeness (QED) is 0.741. The van der Waals surface area contributed by atoms with Crippen molar-refractivity contribution in [1.29, 1.82) is 0 Å². The number of likely N-dealkylation sites (N-methyl/N-ethyl adjacent to an activating group) is 1. The zero-order chi connectivity index (χ0) is 10.2. The lowest BCUT2D eigenvalue weighted by molar-refractivity contribution is 0.103. The van der Waals surface area contributed by atoms with E-state index < -0.39 is 0 Å². The molecule has 2 atom stereocenters. The second-order valence-electron chi connectivity index (χ2n) is 5.39. The Kier molecular flexibility index (Phi) is 2.85. The monoisotopic (exact) mass is 196 g/mol. The molecule has 1 heterocycles. The van der Waals surface area contributed by atoms with Gasteiger partial charge in [-0.2, -0.15) is 0 Å². The van der Waals surface area contributed by atoms with Gasteiger partial charge in [-0.25, -0.2) is 0 Å². The number of piperidine rings is 1. The molecule has 0 aromatic carbocycles. The number of likely N-dealkylation sites (tertiary alicyclic amines) is 1. The molecule has 0 aromatic heterocycles. The van der Waals surface area contributed by atoms with Crippen LogP contribution in [0.3, 0.4) is 0 Å². The van der Waals surface area contributed by atoms with E-state index in [9.17, 15) is 0 Å². The predicted molar refractivity (Wildman–Crippen MR) is 60.5 cm³/mol. The maximum Gasteiger partial charge on any atom is 0.0218 e. The molecule has 1 spiro atoms. The summed E-state index contributed by atoms with van der Waals surface area (Å²) in [7, 11) is 2.07. The first-order chi connectivity index (χ1) is 6.67. The van der Waals surface area contributed by atoms with E-state index in [0.29, 0.717) is 12.1 Å². The third-order valence-corrected chi connectivity index (χ3v) is 4.40. The van der Waals surface area contributed by atoms with Gasteiger partial charge in [0.1, 0.15) is 0 Å². The molecule has 0 aromatic rings. The number of hydrogen-bond acceptors (Lipinski definition) is 2. The lowest BCUT2D eigenvalue weighted by atomic mass is 9.93. The summed E-state index contributed by atoms with van der Waals surface area (Å²) in [5.74, 6) is 0. The minimum Gasteiger partial charge on any atom is -0.316 e. The first-order valence-electron chi connectivity index (χ1n) is 6.08. The van der Waals surface area contributed by atoms with Crippen molar-refractivity contribution < 1.29 is 0 Å². The minimum atomic E-state index is 0.615. The summed E-state index contributed by atoms with van der Waals surface area (Å²) in [6.07, 6.45) is 5.89. The molecular weight excluding hydrogens is 172 g/mol. The van der Waals surface area contributed by atoms with Crippen LogP contribution in [0.15, 0.2) is 0 Å². The normalized spacial score (nSPS) is 30.2. The largest absolute Gasteiger partial charge is 0.316 e. The average Bonchev–Trinajstić information content (AvgIpc) is 2.95. The van der Waals surface area contributed by atoms with E-state index in [1.54, 1.807) is 0 Å². The molecule has 2 unspecified atom stereocenters. The third-order valence-electron chi connectivity index (χ3n) is 4.40. The summed E-state index contributed by atoms with van der Waals surface area (Å²) in [6.45, 7) is 7.33. The molecule has 2 nitrogen and oxygen atoms in total. The van der Waals surface area contributed by atoms with Gasteiger partial charge in [0.15, 0.2) is 0 Å². The fourth-order valence-corrected chi connectivity index (χ4v) is 2.74. The summed E-state index contributed by atoms with van der Waals surface area (Å²) in [6, 6.07) is 1.31. The van der Waals surface area contributed by atoms with Gasteiger partial charge in [0.2, 0.25) is 0 Å². The molecule has 2 aliphatic rings. The van der Waals surface area contributed by atoms with E-state index >= 15 is 0 Å². The minimum absolute atomic E-state index is 0.615. The molecule has 0 radical (unpaired) electrons. The van der Waals surface area contributed by atoms with Crippen molar-refractivity contribution in [2.45, 2.75) is 51.6 Å². The van der Waals surface area contributed by atoms with Crippen molar-refractivity contribution >= 4 is 0 Å². The number of hydrogen-bond donors (Lipinski definition) is 1. The van der Waals surface area contributed by atoms with Crippen LogP contribution in [-0.2, 0) is 0 Å². The van der Waals surface area contributed by atoms with E-state index in [1.807, 2.05) is 0 Å². The fourth-order valence-electron chi connectivity index (χ4n) is 2.74.